The van der Waals surface area contributed by atoms with Crippen molar-refractivity contribution in [2.45, 2.75) is 25.3 Å². The van der Waals surface area contributed by atoms with E-state index in [9.17, 15) is 4.79 Å². The molecule has 10 heteroatoms. The molecule has 0 atom stereocenters. The zero-order valence-electron chi connectivity index (χ0n) is 13.9. The van der Waals surface area contributed by atoms with Gasteiger partial charge in [0.2, 0.25) is 10.3 Å². The highest BCUT2D eigenvalue weighted by Crippen LogP contribution is 2.31. The van der Waals surface area contributed by atoms with Crippen LogP contribution < -0.4 is 10.2 Å². The number of hydrogen-bond acceptors (Lipinski definition) is 6. The Morgan fingerprint density at radius 2 is 2.12 bits per heavy atom. The van der Waals surface area contributed by atoms with Gasteiger partial charge in [0.1, 0.15) is 0 Å². The second-order valence-electron chi connectivity index (χ2n) is 6.25. The van der Waals surface area contributed by atoms with E-state index in [4.69, 9.17) is 28.3 Å². The van der Waals surface area contributed by atoms with Crippen molar-refractivity contribution >= 4 is 57.1 Å². The number of carboxylic acid groups (broad SMARTS) is 1. The fourth-order valence-electron chi connectivity index (χ4n) is 2.71. The van der Waals surface area contributed by atoms with Gasteiger partial charge in [0.05, 0.1) is 10.0 Å². The first kappa shape index (κ1) is 18.9. The number of carbonyl (C=O) groups is 1. The second-order valence-corrected chi connectivity index (χ2v) is 7.97. The van der Waals surface area contributed by atoms with E-state index >= 15 is 0 Å². The van der Waals surface area contributed by atoms with Gasteiger partial charge in [-0.25, -0.2) is 9.79 Å². The van der Waals surface area contributed by atoms with Crippen LogP contribution in [0.25, 0.3) is 0 Å². The molecule has 26 heavy (non-hydrogen) atoms. The smallest absolute Gasteiger partial charge is 0.405 e. The number of nitrogens with zero attached hydrogens (tertiary/aromatic N) is 4. The highest BCUT2D eigenvalue weighted by atomic mass is 35.5. The first-order chi connectivity index (χ1) is 12.4. The molecule has 0 unspecified atom stereocenters. The average molecular weight is 414 g/mol. The van der Waals surface area contributed by atoms with Gasteiger partial charge < -0.3 is 15.3 Å². The van der Waals surface area contributed by atoms with Crippen molar-refractivity contribution in [2.75, 3.05) is 18.0 Å². The highest BCUT2D eigenvalue weighted by Gasteiger charge is 2.32. The van der Waals surface area contributed by atoms with Gasteiger partial charge in [0.25, 0.3) is 0 Å². The number of piperidine rings is 1. The van der Waals surface area contributed by atoms with Gasteiger partial charge in [0.15, 0.2) is 0 Å². The molecule has 1 aliphatic rings. The summed E-state index contributed by atoms with van der Waals surface area (Å²) in [6.45, 7) is 3.33. The quantitative estimate of drug-likeness (QED) is 0.731. The molecule has 0 saturated carbocycles. The summed E-state index contributed by atoms with van der Waals surface area (Å²) in [4.78, 5) is 17.3. The molecule has 0 aliphatic carbocycles. The van der Waals surface area contributed by atoms with Crippen LogP contribution in [-0.2, 0) is 0 Å². The molecule has 3 rings (SSSR count). The summed E-state index contributed by atoms with van der Waals surface area (Å²) >= 11 is 13.5. The summed E-state index contributed by atoms with van der Waals surface area (Å²) in [5, 5.41) is 22.0. The van der Waals surface area contributed by atoms with E-state index in [1.165, 1.54) is 11.3 Å². The molecule has 2 N–H and O–H groups in total. The zero-order chi connectivity index (χ0) is 18.7. The number of anilines is 1. The molecule has 1 fully saturated rings. The Hall–Kier alpha value is -1.90. The Balaban J connectivity index is 1.65. The van der Waals surface area contributed by atoms with Crippen molar-refractivity contribution in [1.29, 1.82) is 0 Å². The molecule has 0 bridgehead atoms. The molecular weight excluding hydrogens is 397 g/mol. The molecule has 1 saturated heterocycles. The van der Waals surface area contributed by atoms with Crippen LogP contribution in [-0.4, -0.2) is 46.2 Å². The summed E-state index contributed by atoms with van der Waals surface area (Å²) < 4.78 is 0. The number of amides is 1. The minimum absolute atomic E-state index is 0.405. The predicted molar refractivity (Wildman–Crippen MR) is 105 cm³/mol. The maximum Gasteiger partial charge on any atom is 0.405 e. The van der Waals surface area contributed by atoms with Crippen molar-refractivity contribution in [3.63, 3.8) is 0 Å². The Morgan fingerprint density at radius 3 is 2.81 bits per heavy atom. The topological polar surface area (TPSA) is 90.7 Å². The maximum absolute atomic E-state index is 10.9. The van der Waals surface area contributed by atoms with Gasteiger partial charge in [-0.05, 0) is 25.8 Å². The van der Waals surface area contributed by atoms with Crippen LogP contribution in [0.1, 0.15) is 25.3 Å². The monoisotopic (exact) mass is 413 g/mol. The molecule has 138 valence electrons. The normalized spacial score (nSPS) is 16.8. The number of benzene rings is 1. The SMILES string of the molecule is CC1(NC(=O)O)CCN(c2nnc(/N=C/c3cccc(Cl)c3Cl)s2)CC1. The lowest BCUT2D eigenvalue weighted by molar-refractivity contribution is 0.173. The third-order valence-electron chi connectivity index (χ3n) is 4.25. The summed E-state index contributed by atoms with van der Waals surface area (Å²) in [6.07, 6.45) is 2.03. The van der Waals surface area contributed by atoms with Gasteiger partial charge >= 0.3 is 6.09 Å². The van der Waals surface area contributed by atoms with E-state index in [0.29, 0.717) is 46.7 Å². The van der Waals surface area contributed by atoms with Gasteiger partial charge in [-0.2, -0.15) is 0 Å². The van der Waals surface area contributed by atoms with Crippen molar-refractivity contribution < 1.29 is 9.90 Å². The summed E-state index contributed by atoms with van der Waals surface area (Å²) in [6, 6.07) is 5.34. The minimum Gasteiger partial charge on any atom is -0.465 e. The predicted octanol–water partition coefficient (Wildman–Crippen LogP) is 4.22. The fourth-order valence-corrected chi connectivity index (χ4v) is 3.81. The van der Waals surface area contributed by atoms with Crippen LogP contribution in [0, 0.1) is 0 Å². The Labute approximate surface area is 164 Å². The number of hydrogen-bond donors (Lipinski definition) is 2. The van der Waals surface area contributed by atoms with Crippen LogP contribution >= 0.6 is 34.5 Å². The van der Waals surface area contributed by atoms with E-state index in [0.717, 1.165) is 5.13 Å². The van der Waals surface area contributed by atoms with Crippen LogP contribution in [0.15, 0.2) is 23.2 Å². The minimum atomic E-state index is -0.992. The Bertz CT molecular complexity index is 834. The highest BCUT2D eigenvalue weighted by molar-refractivity contribution is 7.18. The maximum atomic E-state index is 10.9. The summed E-state index contributed by atoms with van der Waals surface area (Å²) in [7, 11) is 0. The number of nitrogens with one attached hydrogen (secondary N) is 1. The van der Waals surface area contributed by atoms with E-state index in [-0.39, 0.29) is 0 Å². The Morgan fingerprint density at radius 1 is 1.38 bits per heavy atom. The molecule has 1 aromatic heterocycles. The Kier molecular flexibility index (Phi) is 5.64. The largest absolute Gasteiger partial charge is 0.465 e. The van der Waals surface area contributed by atoms with Crippen molar-refractivity contribution in [3.05, 3.63) is 33.8 Å². The van der Waals surface area contributed by atoms with Gasteiger partial charge in [-0.15, -0.1) is 10.2 Å². The van der Waals surface area contributed by atoms with E-state index in [2.05, 4.69) is 25.4 Å². The average Bonchev–Trinajstić information content (AvgIpc) is 3.05. The molecule has 0 radical (unpaired) electrons. The molecule has 1 aliphatic heterocycles. The van der Waals surface area contributed by atoms with Gasteiger partial charge in [-0.3, -0.25) is 0 Å². The van der Waals surface area contributed by atoms with Crippen LogP contribution in [0.3, 0.4) is 0 Å². The lowest BCUT2D eigenvalue weighted by atomic mass is 9.90. The lowest BCUT2D eigenvalue weighted by Gasteiger charge is -2.38. The van der Waals surface area contributed by atoms with Crippen LogP contribution in [0.5, 0.6) is 0 Å². The first-order valence-corrected chi connectivity index (χ1v) is 9.51. The molecular formula is C16H17Cl2N5O2S. The molecule has 2 heterocycles. The number of halogens is 2. The second kappa shape index (κ2) is 7.77. The van der Waals surface area contributed by atoms with E-state index < -0.39 is 11.6 Å². The summed E-state index contributed by atoms with van der Waals surface area (Å²) in [5.41, 5.74) is 0.307. The lowest BCUT2D eigenvalue weighted by Crippen LogP contribution is -2.53. The summed E-state index contributed by atoms with van der Waals surface area (Å²) in [5.74, 6) is 0. The van der Waals surface area contributed by atoms with Gasteiger partial charge in [0, 0.05) is 30.4 Å². The van der Waals surface area contributed by atoms with Crippen LogP contribution in [0.4, 0.5) is 15.1 Å². The fraction of sp³-hybridized carbons (Fsp3) is 0.375. The third kappa shape index (κ3) is 4.44. The van der Waals surface area contributed by atoms with Crippen molar-refractivity contribution in [1.82, 2.24) is 15.5 Å². The molecule has 0 spiro atoms. The standard InChI is InChI=1S/C16H17Cl2N5O2S/c1-16(20-15(24)25)5-7-23(8-6-16)14-22-21-13(26-14)19-9-10-3-2-4-11(17)12(10)18/h2-4,9,20H,5-8H2,1H3,(H,24,25)/b19-9+. The molecule has 2 aromatic rings. The van der Waals surface area contributed by atoms with Crippen molar-refractivity contribution in [3.8, 4) is 0 Å². The number of rotatable bonds is 4. The van der Waals surface area contributed by atoms with Gasteiger partial charge in [-0.1, -0.05) is 46.7 Å². The number of aliphatic imine (C=N–C) groups is 1. The van der Waals surface area contributed by atoms with E-state index in [1.807, 2.05) is 13.0 Å². The number of aromatic nitrogens is 2. The third-order valence-corrected chi connectivity index (χ3v) is 5.97. The molecule has 1 aromatic carbocycles. The van der Waals surface area contributed by atoms with E-state index in [1.54, 1.807) is 18.3 Å². The molecule has 1 amide bonds. The zero-order valence-corrected chi connectivity index (χ0v) is 16.3. The molecule has 7 nitrogen and oxygen atoms in total. The first-order valence-electron chi connectivity index (χ1n) is 7.94. The van der Waals surface area contributed by atoms with Crippen molar-refractivity contribution in [2.24, 2.45) is 4.99 Å². The van der Waals surface area contributed by atoms with Crippen LogP contribution in [0.2, 0.25) is 10.0 Å².